The minimum atomic E-state index is -1.67. The number of aliphatic hydroxyl groups excluding tert-OH is 7. The number of ether oxygens (including phenoxy) is 2. The molecule has 444 valence electrons. The van der Waals surface area contributed by atoms with Gasteiger partial charge >= 0.3 is 0 Å². The highest BCUT2D eigenvalue weighted by Gasteiger charge is 2.44. The molecule has 0 saturated carbocycles. The Morgan fingerprint density at radius 1 is 0.453 bits per heavy atom. The predicted octanol–water partition coefficient (Wildman–Crippen LogP) is 14.5. The molecule has 0 bridgehead atoms. The number of hydrogen-bond acceptors (Lipinski definition) is 10. The van der Waals surface area contributed by atoms with Gasteiger partial charge in [-0.25, -0.2) is 0 Å². The molecule has 0 aromatic rings. The first-order valence-corrected chi connectivity index (χ1v) is 32.2. The van der Waals surface area contributed by atoms with Crippen LogP contribution in [0.15, 0.2) is 24.3 Å². The molecule has 0 aromatic carbocycles. The molecule has 9 atom stereocenters. The van der Waals surface area contributed by atoms with Crippen molar-refractivity contribution < 1.29 is 50.0 Å². The average molecular weight is 1070 g/mol. The summed E-state index contributed by atoms with van der Waals surface area (Å²) in [6, 6.07) is -1.19. The molecular formula is C64H123NO10. The van der Waals surface area contributed by atoms with Crippen LogP contribution in [0.5, 0.6) is 0 Å². The zero-order valence-corrected chi connectivity index (χ0v) is 48.8. The molecule has 1 rings (SSSR count). The summed E-state index contributed by atoms with van der Waals surface area (Å²) >= 11 is 0. The van der Waals surface area contributed by atoms with Crippen molar-refractivity contribution in [2.24, 2.45) is 0 Å². The Balaban J connectivity index is 2.28. The van der Waals surface area contributed by atoms with Crippen LogP contribution < -0.4 is 5.32 Å². The van der Waals surface area contributed by atoms with Crippen molar-refractivity contribution in [3.05, 3.63) is 24.3 Å². The smallest absolute Gasteiger partial charge is 0.249 e. The van der Waals surface area contributed by atoms with Gasteiger partial charge in [-0.3, -0.25) is 4.79 Å². The van der Waals surface area contributed by atoms with E-state index in [-0.39, 0.29) is 12.8 Å². The van der Waals surface area contributed by atoms with Crippen molar-refractivity contribution in [3.8, 4) is 0 Å². The zero-order valence-electron chi connectivity index (χ0n) is 48.8. The third-order valence-corrected chi connectivity index (χ3v) is 15.7. The van der Waals surface area contributed by atoms with E-state index >= 15 is 0 Å². The number of amides is 1. The first-order valence-electron chi connectivity index (χ1n) is 32.2. The second-order valence-corrected chi connectivity index (χ2v) is 22.8. The fraction of sp³-hybridized carbons (Fsp3) is 0.922. The van der Waals surface area contributed by atoms with E-state index < -0.39 is 74.2 Å². The van der Waals surface area contributed by atoms with Crippen molar-refractivity contribution >= 4 is 5.91 Å². The lowest BCUT2D eigenvalue weighted by atomic mass is 9.98. The van der Waals surface area contributed by atoms with Crippen LogP contribution in [0, 0.1) is 0 Å². The molecule has 0 aromatic heterocycles. The quantitative estimate of drug-likeness (QED) is 0.0215. The molecule has 0 aliphatic carbocycles. The molecule has 1 aliphatic rings. The number of allylic oxidation sites excluding steroid dienone is 4. The number of hydrogen-bond donors (Lipinski definition) is 8. The number of aliphatic hydroxyl groups is 7. The van der Waals surface area contributed by atoms with Crippen LogP contribution in [0.25, 0.3) is 0 Å². The zero-order chi connectivity index (χ0) is 54.7. The molecule has 1 aliphatic heterocycles. The van der Waals surface area contributed by atoms with Crippen molar-refractivity contribution in [1.82, 2.24) is 5.32 Å². The van der Waals surface area contributed by atoms with Crippen molar-refractivity contribution in [1.29, 1.82) is 0 Å². The van der Waals surface area contributed by atoms with Crippen LogP contribution in [-0.2, 0) is 14.3 Å². The molecule has 9 unspecified atom stereocenters. The Morgan fingerprint density at radius 3 is 1.19 bits per heavy atom. The highest BCUT2D eigenvalue weighted by atomic mass is 16.7. The number of carbonyl (C=O) groups is 1. The van der Waals surface area contributed by atoms with Gasteiger partial charge in [0.1, 0.15) is 36.6 Å². The van der Waals surface area contributed by atoms with Crippen LogP contribution in [-0.4, -0.2) is 110 Å². The van der Waals surface area contributed by atoms with Gasteiger partial charge in [-0.05, 0) is 51.4 Å². The molecule has 0 radical (unpaired) electrons. The van der Waals surface area contributed by atoms with Crippen LogP contribution >= 0.6 is 0 Å². The van der Waals surface area contributed by atoms with Crippen LogP contribution in [0.1, 0.15) is 309 Å². The van der Waals surface area contributed by atoms with Gasteiger partial charge in [0.05, 0.1) is 25.4 Å². The van der Waals surface area contributed by atoms with Gasteiger partial charge in [-0.15, -0.1) is 0 Å². The molecule has 1 amide bonds. The average Bonchev–Trinajstić information content (AvgIpc) is 3.41. The van der Waals surface area contributed by atoms with E-state index in [4.69, 9.17) is 9.47 Å². The molecule has 11 heteroatoms. The maximum atomic E-state index is 13.2. The standard InChI is InChI=1S/C64H123NO10/c1-3-5-7-9-11-13-15-17-19-21-23-25-27-28-30-31-33-35-37-39-41-43-45-47-49-51-56(67)59(69)55(54-74-64-62(72)61(71)60(70)58(53-66)75-64)65-63(73)57(68)52-50-48-46-44-42-40-38-36-34-32-29-26-24-22-20-18-16-14-12-10-8-6-4-2/h35,37,43,45,55-62,64,66-72H,3-34,36,38-42,44,46-54H2,1-2H3,(H,65,73)/b37-35+,45-43+. The van der Waals surface area contributed by atoms with E-state index in [1.807, 2.05) is 0 Å². The normalized spacial score (nSPS) is 19.8. The first kappa shape index (κ1) is 71.6. The van der Waals surface area contributed by atoms with Gasteiger partial charge in [0.15, 0.2) is 6.29 Å². The number of carbonyl (C=O) groups excluding carboxylic acids is 1. The van der Waals surface area contributed by atoms with Gasteiger partial charge in [0.25, 0.3) is 0 Å². The molecular weight excluding hydrogens is 943 g/mol. The maximum Gasteiger partial charge on any atom is 0.249 e. The molecule has 1 fully saturated rings. The molecule has 1 heterocycles. The first-order chi connectivity index (χ1) is 36.7. The lowest BCUT2D eigenvalue weighted by molar-refractivity contribution is -0.303. The summed E-state index contributed by atoms with van der Waals surface area (Å²) in [6.45, 7) is 3.49. The predicted molar refractivity (Wildman–Crippen MR) is 312 cm³/mol. The number of unbranched alkanes of at least 4 members (excludes halogenated alkanes) is 40. The van der Waals surface area contributed by atoms with E-state index in [9.17, 15) is 40.5 Å². The Bertz CT molecular complexity index is 1270. The monoisotopic (exact) mass is 1070 g/mol. The summed E-state index contributed by atoms with van der Waals surface area (Å²) < 4.78 is 11.2. The van der Waals surface area contributed by atoms with Gasteiger partial charge in [0, 0.05) is 0 Å². The number of rotatable bonds is 56. The molecule has 0 spiro atoms. The highest BCUT2D eigenvalue weighted by molar-refractivity contribution is 5.80. The SMILES string of the molecule is CCCCCCCCCCCCCCCCCC/C=C/CC/C=C/CCCC(O)C(O)C(COC1OC(CO)C(O)C(O)C1O)NC(=O)C(O)CCCCCCCCCCCCCCCCCCCCCCCCC. The van der Waals surface area contributed by atoms with Crippen LogP contribution in [0.4, 0.5) is 0 Å². The molecule has 11 nitrogen and oxygen atoms in total. The van der Waals surface area contributed by atoms with Crippen molar-refractivity contribution in [2.75, 3.05) is 13.2 Å². The fourth-order valence-electron chi connectivity index (χ4n) is 10.5. The maximum absolute atomic E-state index is 13.2. The van der Waals surface area contributed by atoms with Crippen LogP contribution in [0.3, 0.4) is 0 Å². The Kier molecular flexibility index (Phi) is 50.8. The molecule has 75 heavy (non-hydrogen) atoms. The van der Waals surface area contributed by atoms with Crippen molar-refractivity contribution in [2.45, 2.75) is 364 Å². The van der Waals surface area contributed by atoms with Gasteiger partial charge in [-0.1, -0.05) is 282 Å². The van der Waals surface area contributed by atoms with E-state index in [1.165, 1.54) is 225 Å². The van der Waals surface area contributed by atoms with E-state index in [0.717, 1.165) is 38.5 Å². The Hall–Kier alpha value is -1.41. The highest BCUT2D eigenvalue weighted by Crippen LogP contribution is 2.24. The lowest BCUT2D eigenvalue weighted by Gasteiger charge is -2.40. The minimum absolute atomic E-state index is 0.249. The van der Waals surface area contributed by atoms with E-state index in [1.54, 1.807) is 0 Å². The largest absolute Gasteiger partial charge is 0.394 e. The second-order valence-electron chi connectivity index (χ2n) is 22.8. The molecule has 1 saturated heterocycles. The number of nitrogens with one attached hydrogen (secondary N) is 1. The topological polar surface area (TPSA) is 189 Å². The lowest BCUT2D eigenvalue weighted by Crippen LogP contribution is -2.60. The van der Waals surface area contributed by atoms with E-state index in [2.05, 4.69) is 43.5 Å². The fourth-order valence-corrected chi connectivity index (χ4v) is 10.5. The summed E-state index contributed by atoms with van der Waals surface area (Å²) in [5, 5.41) is 76.3. The third-order valence-electron chi connectivity index (χ3n) is 15.7. The van der Waals surface area contributed by atoms with Crippen LogP contribution in [0.2, 0.25) is 0 Å². The minimum Gasteiger partial charge on any atom is -0.394 e. The van der Waals surface area contributed by atoms with Gasteiger partial charge in [-0.2, -0.15) is 0 Å². The summed E-state index contributed by atoms with van der Waals surface area (Å²) in [5.41, 5.74) is 0. The second kappa shape index (κ2) is 53.2. The van der Waals surface area contributed by atoms with Gasteiger partial charge < -0.3 is 50.5 Å². The summed E-state index contributed by atoms with van der Waals surface area (Å²) in [4.78, 5) is 13.2. The Labute approximate surface area is 461 Å². The summed E-state index contributed by atoms with van der Waals surface area (Å²) in [7, 11) is 0. The van der Waals surface area contributed by atoms with Gasteiger partial charge in [0.2, 0.25) is 5.91 Å². The Morgan fingerprint density at radius 2 is 0.800 bits per heavy atom. The molecule has 8 N–H and O–H groups in total. The van der Waals surface area contributed by atoms with E-state index in [0.29, 0.717) is 19.3 Å². The summed E-state index contributed by atoms with van der Waals surface area (Å²) in [6.07, 6.45) is 53.9. The summed E-state index contributed by atoms with van der Waals surface area (Å²) in [5.74, 6) is -0.704. The van der Waals surface area contributed by atoms with Crippen molar-refractivity contribution in [3.63, 3.8) is 0 Å². The third kappa shape index (κ3) is 41.3.